The zero-order chi connectivity index (χ0) is 42.4. The third-order valence-electron chi connectivity index (χ3n) is 9.60. The molecule has 1 heteroatoms. The van der Waals surface area contributed by atoms with Crippen molar-refractivity contribution in [3.8, 4) is 55.6 Å². The van der Waals surface area contributed by atoms with Crippen molar-refractivity contribution in [2.45, 2.75) is 0 Å². The molecule has 1 heterocycles. The number of hydrogen-bond donors (Lipinski definition) is 0. The van der Waals surface area contributed by atoms with Crippen molar-refractivity contribution in [2.75, 3.05) is 0 Å². The van der Waals surface area contributed by atoms with Crippen molar-refractivity contribution in [2.24, 2.45) is 0 Å². The van der Waals surface area contributed by atoms with Gasteiger partial charge in [0.1, 0.15) is 11.2 Å². The topological polar surface area (TPSA) is 13.1 Å². The molecule has 1 nitrogen and oxygen atoms in total. The van der Waals surface area contributed by atoms with Crippen molar-refractivity contribution in [3.63, 3.8) is 0 Å². The van der Waals surface area contributed by atoms with Gasteiger partial charge in [0.25, 0.3) is 0 Å². The lowest BCUT2D eigenvalue weighted by molar-refractivity contribution is 0.669. The maximum Gasteiger partial charge on any atom is 0.136 e. The smallest absolute Gasteiger partial charge is 0.136 e. The molecule has 10 rings (SSSR count). The summed E-state index contributed by atoms with van der Waals surface area (Å²) in [5.74, 6) is 0. The van der Waals surface area contributed by atoms with Gasteiger partial charge in [0.2, 0.25) is 0 Å². The van der Waals surface area contributed by atoms with Crippen LogP contribution in [0.25, 0.3) is 99.1 Å². The molecule has 0 unspecified atom stereocenters. The van der Waals surface area contributed by atoms with Crippen LogP contribution in [0.1, 0.15) is 13.7 Å². The predicted octanol–water partition coefficient (Wildman–Crippen LogP) is 14.2. The van der Waals surface area contributed by atoms with Gasteiger partial charge in [0.05, 0.1) is 13.7 Å². The number of hydrogen-bond acceptors (Lipinski definition) is 1. The van der Waals surface area contributed by atoms with Gasteiger partial charge in [0, 0.05) is 10.8 Å². The molecule has 0 radical (unpaired) electrons. The van der Waals surface area contributed by atoms with Gasteiger partial charge in [0.15, 0.2) is 0 Å². The summed E-state index contributed by atoms with van der Waals surface area (Å²) in [7, 11) is 0. The Labute approximate surface area is 310 Å². The first-order valence-electron chi connectivity index (χ1n) is 21.7. The molecule has 10 aromatic rings. The second-order valence-corrected chi connectivity index (χ2v) is 12.5. The summed E-state index contributed by atoms with van der Waals surface area (Å²) in [6, 6.07) is 38.8. The molecule has 0 aliphatic carbocycles. The molecule has 0 aliphatic rings. The maximum absolute atomic E-state index is 8.92. The summed E-state index contributed by atoms with van der Waals surface area (Å²) in [6.45, 7) is 0. The molecule has 0 amide bonds. The van der Waals surface area contributed by atoms with E-state index in [1.54, 1.807) is 12.1 Å². The summed E-state index contributed by atoms with van der Waals surface area (Å²) in [6.07, 6.45) is 0. The highest BCUT2D eigenvalue weighted by molar-refractivity contribution is 6.25. The predicted molar refractivity (Wildman–Crippen MR) is 216 cm³/mol. The van der Waals surface area contributed by atoms with Gasteiger partial charge in [-0.2, -0.15) is 0 Å². The molecule has 9 aromatic carbocycles. The average Bonchev–Trinajstić information content (AvgIpc) is 3.67. The number of benzene rings is 9. The minimum Gasteiger partial charge on any atom is -0.456 e. The van der Waals surface area contributed by atoms with Crippen LogP contribution in [0, 0.1) is 0 Å². The first kappa shape index (κ1) is 20.7. The zero-order valence-electron chi connectivity index (χ0n) is 37.1. The Balaban J connectivity index is 1.30. The fourth-order valence-electron chi connectivity index (χ4n) is 7.42. The fraction of sp³-hybridized carbons (Fsp3) is 0. The van der Waals surface area contributed by atoms with Crippen LogP contribution in [0.5, 0.6) is 0 Å². The van der Waals surface area contributed by atoms with Crippen LogP contribution in [-0.4, -0.2) is 0 Å². The Morgan fingerprint density at radius 1 is 0.333 bits per heavy atom. The lowest BCUT2D eigenvalue weighted by atomic mass is 9.83. The maximum atomic E-state index is 8.92. The van der Waals surface area contributed by atoms with Gasteiger partial charge in [-0.05, 0) is 114 Å². The molecule has 0 N–H and O–H groups in total. The molecule has 1 aromatic heterocycles. The van der Waals surface area contributed by atoms with Crippen LogP contribution < -0.4 is 0 Å². The Hall–Kier alpha value is -6.70. The van der Waals surface area contributed by atoms with E-state index in [0.29, 0.717) is 5.56 Å². The quantitative estimate of drug-likeness (QED) is 0.168. The van der Waals surface area contributed by atoms with E-state index >= 15 is 0 Å². The van der Waals surface area contributed by atoms with Crippen molar-refractivity contribution in [1.82, 2.24) is 0 Å². The highest BCUT2D eigenvalue weighted by Crippen LogP contribution is 2.48. The van der Waals surface area contributed by atoms with Crippen LogP contribution in [0.2, 0.25) is 0 Å². The highest BCUT2D eigenvalue weighted by atomic mass is 16.3. The van der Waals surface area contributed by atoms with E-state index in [-0.39, 0.29) is 22.3 Å². The Morgan fingerprint density at radius 3 is 1.49 bits per heavy atom. The van der Waals surface area contributed by atoms with Crippen LogP contribution >= 0.6 is 0 Å². The van der Waals surface area contributed by atoms with Gasteiger partial charge in [-0.25, -0.2) is 0 Å². The second kappa shape index (κ2) is 12.0. The summed E-state index contributed by atoms with van der Waals surface area (Å²) >= 11 is 0. The molecule has 0 saturated heterocycles. The third-order valence-corrected chi connectivity index (χ3v) is 9.60. The molecule has 238 valence electrons. The molecule has 0 fully saturated rings. The standard InChI is InChI=1S/C50H32O/c1-4-15-33(16-5-1)36-27-28-44-47(32-36)51-46-26-14-25-45(50(44)46)49-42-23-12-10-21-40(42)48(41-22-11-13-24-43(41)49)39-30-37(34-17-6-2-7-18-34)29-38(31-39)35-19-8-3-9-20-35/h1-32H/i2D,3D,6D,7D,8D,9D,17D,18D,19D,20D. The van der Waals surface area contributed by atoms with Gasteiger partial charge < -0.3 is 4.42 Å². The molecular formula is C50H32O. The lowest BCUT2D eigenvalue weighted by Crippen LogP contribution is -1.92. The van der Waals surface area contributed by atoms with Crippen molar-refractivity contribution >= 4 is 43.5 Å². The molecule has 0 spiro atoms. The summed E-state index contributed by atoms with van der Waals surface area (Å²) in [4.78, 5) is 0. The van der Waals surface area contributed by atoms with Crippen LogP contribution in [-0.2, 0) is 0 Å². The van der Waals surface area contributed by atoms with Crippen LogP contribution in [0.4, 0.5) is 0 Å². The van der Waals surface area contributed by atoms with Crippen LogP contribution in [0.15, 0.2) is 198 Å². The van der Waals surface area contributed by atoms with E-state index in [4.69, 9.17) is 18.1 Å². The summed E-state index contributed by atoms with van der Waals surface area (Å²) in [5.41, 5.74) is 7.23. The second-order valence-electron chi connectivity index (χ2n) is 12.5. The van der Waals surface area contributed by atoms with E-state index < -0.39 is 60.4 Å². The summed E-state index contributed by atoms with van der Waals surface area (Å²) < 4.78 is 92.7. The monoisotopic (exact) mass is 658 g/mol. The van der Waals surface area contributed by atoms with E-state index in [1.165, 1.54) is 6.07 Å². The van der Waals surface area contributed by atoms with Crippen molar-refractivity contribution in [3.05, 3.63) is 194 Å². The van der Waals surface area contributed by atoms with Gasteiger partial charge in [-0.15, -0.1) is 0 Å². The van der Waals surface area contributed by atoms with E-state index in [0.717, 1.165) is 71.3 Å². The minimum atomic E-state index is -0.537. The molecule has 51 heavy (non-hydrogen) atoms. The SMILES string of the molecule is [2H]c1c([2H])c([2H])c(-c2cc(-c3c([2H])c([2H])c([2H])c([2H])c3[2H])cc(-c3c4ccccc4c(-c4cccc5oc6cc(-c7ccccc7)ccc6c45)c4ccccc34)c2)c([2H])c1[2H]. The van der Waals surface area contributed by atoms with E-state index in [1.807, 2.05) is 66.7 Å². The number of furan rings is 1. The Bertz CT molecular complexity index is 3280. The van der Waals surface area contributed by atoms with Crippen LogP contribution in [0.3, 0.4) is 0 Å². The Morgan fingerprint density at radius 2 is 0.882 bits per heavy atom. The van der Waals surface area contributed by atoms with Crippen molar-refractivity contribution < 1.29 is 18.1 Å². The van der Waals surface area contributed by atoms with E-state index in [9.17, 15) is 0 Å². The average molecular weight is 659 g/mol. The fourth-order valence-corrected chi connectivity index (χ4v) is 7.42. The van der Waals surface area contributed by atoms with Gasteiger partial charge in [-0.3, -0.25) is 0 Å². The normalized spacial score (nSPS) is 14.3. The minimum absolute atomic E-state index is 0.0689. The lowest BCUT2D eigenvalue weighted by Gasteiger charge is -2.19. The molecular weight excluding hydrogens is 617 g/mol. The third kappa shape index (κ3) is 4.94. The highest BCUT2D eigenvalue weighted by Gasteiger charge is 2.21. The van der Waals surface area contributed by atoms with Crippen molar-refractivity contribution in [1.29, 1.82) is 0 Å². The molecule has 0 atom stereocenters. The molecule has 0 saturated carbocycles. The first-order chi connectivity index (χ1) is 29.4. The zero-order valence-corrected chi connectivity index (χ0v) is 27.1. The number of fused-ring (bicyclic) bond motifs is 5. The summed E-state index contributed by atoms with van der Waals surface area (Å²) in [5, 5.41) is 5.45. The largest absolute Gasteiger partial charge is 0.456 e. The molecule has 0 bridgehead atoms. The Kier molecular flexibility index (Phi) is 4.88. The number of rotatable bonds is 5. The first-order valence-corrected chi connectivity index (χ1v) is 16.7. The molecule has 0 aliphatic heterocycles. The van der Waals surface area contributed by atoms with E-state index in [2.05, 4.69) is 48.5 Å². The van der Waals surface area contributed by atoms with Gasteiger partial charge >= 0.3 is 0 Å². The van der Waals surface area contributed by atoms with Gasteiger partial charge in [-0.1, -0.05) is 157 Å².